The SMILES string of the molecule is CC(NCC1CSCCS1)c1ccn[nH]1. The lowest BCUT2D eigenvalue weighted by Gasteiger charge is -2.23. The van der Waals surface area contributed by atoms with E-state index in [2.05, 4.69) is 46.0 Å². The van der Waals surface area contributed by atoms with Crippen LogP contribution < -0.4 is 5.32 Å². The van der Waals surface area contributed by atoms with Crippen LogP contribution in [0.1, 0.15) is 18.7 Å². The quantitative estimate of drug-likeness (QED) is 0.847. The van der Waals surface area contributed by atoms with Crippen molar-refractivity contribution in [3.63, 3.8) is 0 Å². The number of hydrogen-bond acceptors (Lipinski definition) is 4. The van der Waals surface area contributed by atoms with Crippen molar-refractivity contribution >= 4 is 23.5 Å². The average Bonchev–Trinajstić information content (AvgIpc) is 2.81. The number of aromatic nitrogens is 2. The third-order valence-electron chi connectivity index (χ3n) is 2.53. The Bertz CT molecular complexity index is 270. The first-order valence-electron chi connectivity index (χ1n) is 5.28. The van der Waals surface area contributed by atoms with Gasteiger partial charge >= 0.3 is 0 Å². The minimum absolute atomic E-state index is 0.375. The molecule has 1 aliphatic heterocycles. The van der Waals surface area contributed by atoms with Crippen LogP contribution in [-0.2, 0) is 0 Å². The highest BCUT2D eigenvalue weighted by Gasteiger charge is 2.15. The van der Waals surface area contributed by atoms with Gasteiger partial charge in [-0.2, -0.15) is 28.6 Å². The van der Waals surface area contributed by atoms with Crippen LogP contribution in [0.2, 0.25) is 0 Å². The Morgan fingerprint density at radius 1 is 1.67 bits per heavy atom. The molecule has 1 aromatic heterocycles. The molecule has 1 aliphatic rings. The second-order valence-electron chi connectivity index (χ2n) is 3.71. The van der Waals surface area contributed by atoms with Crippen molar-refractivity contribution in [2.45, 2.75) is 18.2 Å². The van der Waals surface area contributed by atoms with E-state index in [9.17, 15) is 0 Å². The molecular weight excluding hydrogens is 226 g/mol. The van der Waals surface area contributed by atoms with E-state index in [1.54, 1.807) is 6.20 Å². The van der Waals surface area contributed by atoms with Crippen LogP contribution in [0.4, 0.5) is 0 Å². The molecule has 0 saturated carbocycles. The van der Waals surface area contributed by atoms with Gasteiger partial charge in [0.25, 0.3) is 0 Å². The summed E-state index contributed by atoms with van der Waals surface area (Å²) in [4.78, 5) is 0. The number of H-pyrrole nitrogens is 1. The Morgan fingerprint density at radius 3 is 3.27 bits per heavy atom. The van der Waals surface area contributed by atoms with Gasteiger partial charge in [0.15, 0.2) is 0 Å². The molecule has 5 heteroatoms. The molecule has 15 heavy (non-hydrogen) atoms. The van der Waals surface area contributed by atoms with Gasteiger partial charge in [0.05, 0.1) is 5.69 Å². The third-order valence-corrected chi connectivity index (χ3v) is 5.37. The molecular formula is C10H17N3S2. The molecule has 0 amide bonds. The van der Waals surface area contributed by atoms with Gasteiger partial charge in [0.1, 0.15) is 0 Å². The second-order valence-corrected chi connectivity index (χ2v) is 6.27. The normalized spacial score (nSPS) is 23.9. The van der Waals surface area contributed by atoms with E-state index in [4.69, 9.17) is 0 Å². The molecule has 1 saturated heterocycles. The molecule has 2 N–H and O–H groups in total. The topological polar surface area (TPSA) is 40.7 Å². The van der Waals surface area contributed by atoms with E-state index in [-0.39, 0.29) is 0 Å². The molecule has 2 unspecified atom stereocenters. The fourth-order valence-electron chi connectivity index (χ4n) is 1.58. The van der Waals surface area contributed by atoms with E-state index in [0.29, 0.717) is 6.04 Å². The minimum atomic E-state index is 0.375. The number of rotatable bonds is 4. The van der Waals surface area contributed by atoms with Crippen LogP contribution in [0.25, 0.3) is 0 Å². The van der Waals surface area contributed by atoms with Gasteiger partial charge in [0, 0.05) is 41.3 Å². The zero-order valence-corrected chi connectivity index (χ0v) is 10.5. The molecule has 1 aromatic rings. The van der Waals surface area contributed by atoms with Crippen LogP contribution in [0, 0.1) is 0 Å². The number of aromatic amines is 1. The van der Waals surface area contributed by atoms with Crippen LogP contribution in [-0.4, -0.2) is 39.3 Å². The van der Waals surface area contributed by atoms with Crippen LogP contribution in [0.5, 0.6) is 0 Å². The summed E-state index contributed by atoms with van der Waals surface area (Å²) in [6.07, 6.45) is 1.80. The molecule has 3 nitrogen and oxygen atoms in total. The lowest BCUT2D eigenvalue weighted by Crippen LogP contribution is -2.30. The number of nitrogens with one attached hydrogen (secondary N) is 2. The van der Waals surface area contributed by atoms with Crippen LogP contribution >= 0.6 is 23.5 Å². The maximum absolute atomic E-state index is 3.96. The van der Waals surface area contributed by atoms with Gasteiger partial charge in [-0.05, 0) is 13.0 Å². The van der Waals surface area contributed by atoms with Crippen LogP contribution in [0.15, 0.2) is 12.3 Å². The fraction of sp³-hybridized carbons (Fsp3) is 0.700. The van der Waals surface area contributed by atoms with Crippen molar-refractivity contribution in [1.82, 2.24) is 15.5 Å². The predicted molar refractivity (Wildman–Crippen MR) is 68.6 cm³/mol. The Kier molecular flexibility index (Phi) is 4.41. The maximum Gasteiger partial charge on any atom is 0.0518 e. The van der Waals surface area contributed by atoms with Crippen molar-refractivity contribution in [3.8, 4) is 0 Å². The molecule has 2 atom stereocenters. The highest BCUT2D eigenvalue weighted by atomic mass is 32.2. The number of hydrogen-bond donors (Lipinski definition) is 2. The molecule has 0 aromatic carbocycles. The van der Waals surface area contributed by atoms with E-state index in [1.807, 2.05) is 6.07 Å². The first-order chi connectivity index (χ1) is 7.36. The average molecular weight is 243 g/mol. The Morgan fingerprint density at radius 2 is 2.60 bits per heavy atom. The van der Waals surface area contributed by atoms with Gasteiger partial charge in [-0.1, -0.05) is 0 Å². The molecule has 0 spiro atoms. The maximum atomic E-state index is 3.96. The lowest BCUT2D eigenvalue weighted by atomic mass is 10.2. The van der Waals surface area contributed by atoms with Crippen molar-refractivity contribution < 1.29 is 0 Å². The monoisotopic (exact) mass is 243 g/mol. The minimum Gasteiger partial charge on any atom is -0.308 e. The highest BCUT2D eigenvalue weighted by molar-refractivity contribution is 8.06. The number of nitrogens with zero attached hydrogens (tertiary/aromatic N) is 1. The van der Waals surface area contributed by atoms with Crippen LogP contribution in [0.3, 0.4) is 0 Å². The van der Waals surface area contributed by atoms with Crippen molar-refractivity contribution in [1.29, 1.82) is 0 Å². The van der Waals surface area contributed by atoms with Gasteiger partial charge in [-0.3, -0.25) is 5.10 Å². The number of thioether (sulfide) groups is 2. The summed E-state index contributed by atoms with van der Waals surface area (Å²) in [6.45, 7) is 3.27. The molecule has 0 bridgehead atoms. The largest absolute Gasteiger partial charge is 0.308 e. The Hall–Kier alpha value is -0.130. The first kappa shape index (κ1) is 11.4. The molecule has 0 aliphatic carbocycles. The van der Waals surface area contributed by atoms with Crippen molar-refractivity contribution in [3.05, 3.63) is 18.0 Å². The summed E-state index contributed by atoms with van der Waals surface area (Å²) in [6, 6.07) is 2.40. The zero-order valence-electron chi connectivity index (χ0n) is 8.90. The first-order valence-corrected chi connectivity index (χ1v) is 7.48. The molecule has 2 heterocycles. The molecule has 0 radical (unpaired) electrons. The predicted octanol–water partition coefficient (Wildman–Crippen LogP) is 1.91. The molecule has 2 rings (SSSR count). The van der Waals surface area contributed by atoms with E-state index < -0.39 is 0 Å². The highest BCUT2D eigenvalue weighted by Crippen LogP contribution is 2.23. The van der Waals surface area contributed by atoms with E-state index >= 15 is 0 Å². The summed E-state index contributed by atoms with van der Waals surface area (Å²) in [5.41, 5.74) is 1.17. The third kappa shape index (κ3) is 3.43. The fourth-order valence-corrected chi connectivity index (χ4v) is 4.21. The van der Waals surface area contributed by atoms with E-state index in [1.165, 1.54) is 23.0 Å². The molecule has 84 valence electrons. The van der Waals surface area contributed by atoms with Gasteiger partial charge in [0.2, 0.25) is 0 Å². The van der Waals surface area contributed by atoms with Gasteiger partial charge in [-0.25, -0.2) is 0 Å². The summed E-state index contributed by atoms with van der Waals surface area (Å²) in [5.74, 6) is 3.90. The zero-order chi connectivity index (χ0) is 10.5. The molecule has 1 fully saturated rings. The lowest BCUT2D eigenvalue weighted by molar-refractivity contribution is 0.563. The summed E-state index contributed by atoms with van der Waals surface area (Å²) >= 11 is 4.16. The van der Waals surface area contributed by atoms with E-state index in [0.717, 1.165) is 11.8 Å². The van der Waals surface area contributed by atoms with Gasteiger partial charge in [-0.15, -0.1) is 0 Å². The van der Waals surface area contributed by atoms with Crippen molar-refractivity contribution in [2.24, 2.45) is 0 Å². The summed E-state index contributed by atoms with van der Waals surface area (Å²) in [5, 5.41) is 11.3. The summed E-state index contributed by atoms with van der Waals surface area (Å²) in [7, 11) is 0. The Balaban J connectivity index is 1.73. The summed E-state index contributed by atoms with van der Waals surface area (Å²) < 4.78 is 0. The smallest absolute Gasteiger partial charge is 0.0518 e. The Labute approximate surface area is 99.2 Å². The second kappa shape index (κ2) is 5.82. The van der Waals surface area contributed by atoms with Crippen molar-refractivity contribution in [2.75, 3.05) is 23.8 Å². The standard InChI is InChI=1S/C10H17N3S2/c1-8(10-2-3-12-13-10)11-6-9-7-14-4-5-15-9/h2-3,8-9,11H,4-7H2,1H3,(H,12,13). The van der Waals surface area contributed by atoms with Gasteiger partial charge < -0.3 is 5.32 Å².